The molecule has 0 atom stereocenters. The molecule has 2 amide bonds. The highest BCUT2D eigenvalue weighted by Gasteiger charge is 2.29. The van der Waals surface area contributed by atoms with Gasteiger partial charge < -0.3 is 0 Å². The highest BCUT2D eigenvalue weighted by Crippen LogP contribution is 2.17. The summed E-state index contributed by atoms with van der Waals surface area (Å²) in [5.41, 5.74) is 5.28. The Morgan fingerprint density at radius 2 is 1.38 bits per heavy atom. The highest BCUT2D eigenvalue weighted by atomic mass is 16.2. The lowest BCUT2D eigenvalue weighted by Gasteiger charge is -2.35. The lowest BCUT2D eigenvalue weighted by Crippen LogP contribution is -2.55. The number of nitrogens with zero attached hydrogens (tertiary/aromatic N) is 1. The monoisotopic (exact) mass is 324 g/mol. The van der Waals surface area contributed by atoms with Gasteiger partial charge in [0.1, 0.15) is 0 Å². The van der Waals surface area contributed by atoms with Crippen molar-refractivity contribution in [3.8, 4) is 0 Å². The second-order valence-electron chi connectivity index (χ2n) is 6.99. The van der Waals surface area contributed by atoms with Crippen molar-refractivity contribution in [2.24, 2.45) is 0 Å². The smallest absolute Gasteiger partial charge is 0.267 e. The summed E-state index contributed by atoms with van der Waals surface area (Å²) in [6.07, 6.45) is 0. The zero-order valence-corrected chi connectivity index (χ0v) is 14.9. The van der Waals surface area contributed by atoms with Crippen molar-refractivity contribution in [1.82, 2.24) is 10.4 Å². The third-order valence-electron chi connectivity index (χ3n) is 3.63. The molecule has 2 aromatic carbocycles. The molecule has 0 saturated heterocycles. The zero-order chi connectivity index (χ0) is 17.9. The summed E-state index contributed by atoms with van der Waals surface area (Å²) in [7, 11) is 0. The van der Waals surface area contributed by atoms with Crippen LogP contribution >= 0.6 is 0 Å². The van der Waals surface area contributed by atoms with E-state index >= 15 is 0 Å². The summed E-state index contributed by atoms with van der Waals surface area (Å²) in [6, 6.07) is 14.6. The molecule has 0 fully saturated rings. The van der Waals surface area contributed by atoms with Gasteiger partial charge in [0, 0.05) is 11.1 Å². The van der Waals surface area contributed by atoms with Crippen LogP contribution in [0.25, 0.3) is 0 Å². The van der Waals surface area contributed by atoms with Gasteiger partial charge in [-0.25, -0.2) is 5.01 Å². The molecule has 0 spiro atoms. The van der Waals surface area contributed by atoms with E-state index in [4.69, 9.17) is 0 Å². The van der Waals surface area contributed by atoms with Crippen molar-refractivity contribution in [2.75, 3.05) is 0 Å². The molecule has 0 bridgehead atoms. The molecular formula is C20H24N2O2. The summed E-state index contributed by atoms with van der Waals surface area (Å²) in [5.74, 6) is -0.526. The molecule has 4 heteroatoms. The van der Waals surface area contributed by atoms with E-state index in [2.05, 4.69) is 5.43 Å². The van der Waals surface area contributed by atoms with E-state index < -0.39 is 5.54 Å². The Bertz CT molecular complexity index is 760. The number of hydrogen-bond acceptors (Lipinski definition) is 2. The number of hydrazine groups is 1. The minimum Gasteiger partial charge on any atom is -0.267 e. The van der Waals surface area contributed by atoms with E-state index in [0.29, 0.717) is 11.1 Å². The largest absolute Gasteiger partial charge is 0.272 e. The second kappa shape index (κ2) is 6.87. The number of rotatable bonds is 2. The van der Waals surface area contributed by atoms with E-state index in [1.807, 2.05) is 65.0 Å². The van der Waals surface area contributed by atoms with Crippen LogP contribution in [0, 0.1) is 13.8 Å². The van der Waals surface area contributed by atoms with Crippen LogP contribution in [0.1, 0.15) is 52.6 Å². The minimum atomic E-state index is -0.555. The Kier molecular flexibility index (Phi) is 5.07. The van der Waals surface area contributed by atoms with Gasteiger partial charge in [-0.2, -0.15) is 0 Å². The fourth-order valence-electron chi connectivity index (χ4n) is 2.38. The number of aryl methyl sites for hydroxylation is 2. The van der Waals surface area contributed by atoms with Crippen molar-refractivity contribution in [3.63, 3.8) is 0 Å². The third kappa shape index (κ3) is 4.22. The number of benzene rings is 2. The summed E-state index contributed by atoms with van der Waals surface area (Å²) in [6.45, 7) is 9.52. The maximum Gasteiger partial charge on any atom is 0.272 e. The molecule has 4 nitrogen and oxygen atoms in total. The van der Waals surface area contributed by atoms with Crippen LogP contribution in [0.5, 0.6) is 0 Å². The molecule has 0 aliphatic rings. The van der Waals surface area contributed by atoms with Gasteiger partial charge in [-0.1, -0.05) is 35.4 Å². The molecule has 0 aliphatic carbocycles. The quantitative estimate of drug-likeness (QED) is 0.852. The topological polar surface area (TPSA) is 49.4 Å². The lowest BCUT2D eigenvalue weighted by atomic mass is 10.1. The van der Waals surface area contributed by atoms with E-state index in [1.165, 1.54) is 5.01 Å². The molecule has 0 saturated carbocycles. The number of hydrogen-bond donors (Lipinski definition) is 1. The van der Waals surface area contributed by atoms with E-state index in [1.54, 1.807) is 18.2 Å². The first-order valence-corrected chi connectivity index (χ1v) is 7.97. The van der Waals surface area contributed by atoms with Gasteiger partial charge in [0.2, 0.25) is 0 Å². The fourth-order valence-corrected chi connectivity index (χ4v) is 2.38. The van der Waals surface area contributed by atoms with Crippen molar-refractivity contribution in [3.05, 3.63) is 70.8 Å². The van der Waals surface area contributed by atoms with Gasteiger partial charge in [0.15, 0.2) is 0 Å². The normalized spacial score (nSPS) is 11.0. The molecule has 2 rings (SSSR count). The second-order valence-corrected chi connectivity index (χ2v) is 6.99. The Balaban J connectivity index is 2.29. The molecule has 24 heavy (non-hydrogen) atoms. The Hall–Kier alpha value is -2.62. The minimum absolute atomic E-state index is 0.229. The zero-order valence-electron chi connectivity index (χ0n) is 14.9. The molecular weight excluding hydrogens is 300 g/mol. The number of carbonyl (C=O) groups is 2. The van der Waals surface area contributed by atoms with Crippen molar-refractivity contribution in [1.29, 1.82) is 0 Å². The number of amides is 2. The Morgan fingerprint density at radius 1 is 0.875 bits per heavy atom. The molecule has 0 radical (unpaired) electrons. The van der Waals surface area contributed by atoms with Crippen molar-refractivity contribution >= 4 is 11.8 Å². The Labute approximate surface area is 143 Å². The molecule has 0 aliphatic heterocycles. The molecule has 1 N–H and O–H groups in total. The highest BCUT2D eigenvalue weighted by molar-refractivity contribution is 5.99. The lowest BCUT2D eigenvalue weighted by molar-refractivity contribution is 0.0358. The maximum atomic E-state index is 12.9. The average molecular weight is 324 g/mol. The van der Waals surface area contributed by atoms with Gasteiger partial charge in [-0.05, 0) is 58.9 Å². The van der Waals surface area contributed by atoms with Crippen molar-refractivity contribution < 1.29 is 9.59 Å². The van der Waals surface area contributed by atoms with Gasteiger partial charge in [0.05, 0.1) is 5.54 Å². The van der Waals surface area contributed by atoms with Crippen LogP contribution in [-0.2, 0) is 0 Å². The predicted octanol–water partition coefficient (Wildman–Crippen LogP) is 3.89. The van der Waals surface area contributed by atoms with Crippen LogP contribution in [0.3, 0.4) is 0 Å². The average Bonchev–Trinajstić information content (AvgIpc) is 2.50. The molecule has 2 aromatic rings. The van der Waals surface area contributed by atoms with Crippen LogP contribution in [-0.4, -0.2) is 22.4 Å². The van der Waals surface area contributed by atoms with E-state index in [-0.39, 0.29) is 11.8 Å². The first kappa shape index (κ1) is 17.7. The van der Waals surface area contributed by atoms with Crippen LogP contribution in [0.2, 0.25) is 0 Å². The molecule has 0 unspecified atom stereocenters. The van der Waals surface area contributed by atoms with Gasteiger partial charge in [-0.3, -0.25) is 15.0 Å². The van der Waals surface area contributed by atoms with Gasteiger partial charge >= 0.3 is 0 Å². The predicted molar refractivity (Wildman–Crippen MR) is 95.7 cm³/mol. The van der Waals surface area contributed by atoms with Gasteiger partial charge in [-0.15, -0.1) is 0 Å². The molecule has 126 valence electrons. The van der Waals surface area contributed by atoms with Crippen LogP contribution in [0.15, 0.2) is 48.5 Å². The first-order valence-electron chi connectivity index (χ1n) is 7.97. The summed E-state index contributed by atoms with van der Waals surface area (Å²) < 4.78 is 0. The van der Waals surface area contributed by atoms with E-state index in [0.717, 1.165) is 11.1 Å². The number of nitrogens with one attached hydrogen (secondary N) is 1. The molecule has 0 heterocycles. The third-order valence-corrected chi connectivity index (χ3v) is 3.63. The summed E-state index contributed by atoms with van der Waals surface area (Å²) >= 11 is 0. The van der Waals surface area contributed by atoms with E-state index in [9.17, 15) is 9.59 Å². The van der Waals surface area contributed by atoms with Gasteiger partial charge in [0.25, 0.3) is 11.8 Å². The van der Waals surface area contributed by atoms with Crippen LogP contribution < -0.4 is 5.43 Å². The SMILES string of the molecule is Cc1cccc(C(=O)NN(C(=O)c2cccc(C)c2)C(C)(C)C)c1. The number of carbonyl (C=O) groups excluding carboxylic acids is 2. The summed E-state index contributed by atoms with van der Waals surface area (Å²) in [5, 5.41) is 1.40. The summed E-state index contributed by atoms with van der Waals surface area (Å²) in [4.78, 5) is 25.4. The standard InChI is InChI=1S/C20H24N2O2/c1-14-8-6-10-16(12-14)18(23)21-22(20(3,4)5)19(24)17-11-7-9-15(2)13-17/h6-13H,1-5H3,(H,21,23). The van der Waals surface area contributed by atoms with Crippen molar-refractivity contribution in [2.45, 2.75) is 40.2 Å². The first-order chi connectivity index (χ1) is 11.2. The van der Waals surface area contributed by atoms with Crippen LogP contribution in [0.4, 0.5) is 0 Å². The fraction of sp³-hybridized carbons (Fsp3) is 0.300. The maximum absolute atomic E-state index is 12.9. The Morgan fingerprint density at radius 3 is 1.88 bits per heavy atom. The molecule has 0 aromatic heterocycles.